The van der Waals surface area contributed by atoms with Crippen molar-refractivity contribution in [3.8, 4) is 6.07 Å². The number of carboxylic acid groups (broad SMARTS) is 1. The predicted octanol–water partition coefficient (Wildman–Crippen LogP) is 0.0249. The third-order valence-electron chi connectivity index (χ3n) is 1.77. The Hall–Kier alpha value is -1.13. The fourth-order valence-electron chi connectivity index (χ4n) is 0.987. The van der Waals surface area contributed by atoms with Crippen LogP contribution in [0.1, 0.15) is 20.3 Å². The van der Waals surface area contributed by atoms with Gasteiger partial charge in [-0.3, -0.25) is 4.79 Å². The Bertz CT molecular complexity index is 357. The zero-order valence-corrected chi connectivity index (χ0v) is 9.49. The highest BCUT2D eigenvalue weighted by Crippen LogP contribution is 2.08. The van der Waals surface area contributed by atoms with Crippen molar-refractivity contribution in [3.63, 3.8) is 0 Å². The summed E-state index contributed by atoms with van der Waals surface area (Å²) in [4.78, 5) is 10.5. The second-order valence-electron chi connectivity index (χ2n) is 3.04. The lowest BCUT2D eigenvalue weighted by Gasteiger charge is -2.20. The molecule has 0 fully saturated rings. The van der Waals surface area contributed by atoms with Crippen molar-refractivity contribution in [2.24, 2.45) is 0 Å². The maximum Gasteiger partial charge on any atom is 0.318 e. The SMILES string of the molecule is CCCN(CC(=O)O)S(=O)(=O)C(C)C#N. The molecule has 86 valence electrons. The number of carboxylic acids is 1. The van der Waals surface area contributed by atoms with Crippen molar-refractivity contribution >= 4 is 16.0 Å². The van der Waals surface area contributed by atoms with Gasteiger partial charge in [0.25, 0.3) is 0 Å². The van der Waals surface area contributed by atoms with Gasteiger partial charge in [-0.2, -0.15) is 9.57 Å². The van der Waals surface area contributed by atoms with E-state index >= 15 is 0 Å². The minimum atomic E-state index is -3.82. The molecule has 0 saturated carbocycles. The number of nitriles is 1. The first-order chi connectivity index (χ1) is 6.86. The van der Waals surface area contributed by atoms with E-state index in [1.54, 1.807) is 13.0 Å². The fourth-order valence-corrected chi connectivity index (χ4v) is 2.29. The molecule has 1 atom stereocenters. The highest BCUT2D eigenvalue weighted by atomic mass is 32.2. The number of sulfonamides is 1. The van der Waals surface area contributed by atoms with Crippen LogP contribution in [0.4, 0.5) is 0 Å². The molecule has 0 spiro atoms. The summed E-state index contributed by atoms with van der Waals surface area (Å²) in [5, 5.41) is 15.8. The van der Waals surface area contributed by atoms with Gasteiger partial charge in [-0.25, -0.2) is 8.42 Å². The molecule has 0 aliphatic carbocycles. The first-order valence-corrected chi connectivity index (χ1v) is 5.97. The van der Waals surface area contributed by atoms with Gasteiger partial charge in [-0.05, 0) is 13.3 Å². The molecule has 0 aromatic heterocycles. The summed E-state index contributed by atoms with van der Waals surface area (Å²) in [6.45, 7) is 2.49. The summed E-state index contributed by atoms with van der Waals surface area (Å²) in [6.07, 6.45) is 0.505. The zero-order valence-electron chi connectivity index (χ0n) is 8.67. The molecule has 0 rings (SSSR count). The molecule has 1 unspecified atom stereocenters. The van der Waals surface area contributed by atoms with Gasteiger partial charge in [0.1, 0.15) is 6.54 Å². The van der Waals surface area contributed by atoms with E-state index in [1.807, 2.05) is 0 Å². The van der Waals surface area contributed by atoms with Crippen LogP contribution >= 0.6 is 0 Å². The molecular formula is C8H14N2O4S. The highest BCUT2D eigenvalue weighted by molar-refractivity contribution is 7.90. The fraction of sp³-hybridized carbons (Fsp3) is 0.750. The highest BCUT2D eigenvalue weighted by Gasteiger charge is 2.29. The van der Waals surface area contributed by atoms with Gasteiger partial charge >= 0.3 is 5.97 Å². The van der Waals surface area contributed by atoms with Crippen molar-refractivity contribution in [1.82, 2.24) is 4.31 Å². The van der Waals surface area contributed by atoms with Gasteiger partial charge in [-0.1, -0.05) is 6.92 Å². The van der Waals surface area contributed by atoms with Crippen molar-refractivity contribution in [1.29, 1.82) is 5.26 Å². The minimum Gasteiger partial charge on any atom is -0.480 e. The molecule has 0 aromatic rings. The molecule has 0 bridgehead atoms. The zero-order chi connectivity index (χ0) is 12.1. The van der Waals surface area contributed by atoms with E-state index in [1.165, 1.54) is 6.92 Å². The predicted molar refractivity (Wildman–Crippen MR) is 53.5 cm³/mol. The lowest BCUT2D eigenvalue weighted by atomic mass is 10.5. The third kappa shape index (κ3) is 3.85. The Morgan fingerprint density at radius 2 is 2.13 bits per heavy atom. The summed E-state index contributed by atoms with van der Waals surface area (Å²) in [6, 6.07) is 1.59. The summed E-state index contributed by atoms with van der Waals surface area (Å²) < 4.78 is 24.1. The molecule has 6 nitrogen and oxygen atoms in total. The van der Waals surface area contributed by atoms with Crippen LogP contribution < -0.4 is 0 Å². The molecule has 15 heavy (non-hydrogen) atoms. The summed E-state index contributed by atoms with van der Waals surface area (Å²) in [5.41, 5.74) is 0. The van der Waals surface area contributed by atoms with Gasteiger partial charge < -0.3 is 5.11 Å². The van der Waals surface area contributed by atoms with Crippen molar-refractivity contribution < 1.29 is 18.3 Å². The molecule has 1 N–H and O–H groups in total. The molecule has 0 aromatic carbocycles. The summed E-state index contributed by atoms with van der Waals surface area (Å²) in [7, 11) is -3.82. The van der Waals surface area contributed by atoms with Gasteiger partial charge in [-0.15, -0.1) is 0 Å². The number of carbonyl (C=O) groups is 1. The first kappa shape index (κ1) is 13.9. The molecule has 0 radical (unpaired) electrons. The quantitative estimate of drug-likeness (QED) is 0.698. The smallest absolute Gasteiger partial charge is 0.318 e. The maximum atomic E-state index is 11.6. The van der Waals surface area contributed by atoms with Crippen LogP contribution in [-0.2, 0) is 14.8 Å². The van der Waals surface area contributed by atoms with E-state index in [2.05, 4.69) is 0 Å². The summed E-state index contributed by atoms with van der Waals surface area (Å²) in [5.74, 6) is -1.22. The van der Waals surface area contributed by atoms with Crippen LogP contribution in [-0.4, -0.2) is 42.1 Å². The minimum absolute atomic E-state index is 0.112. The van der Waals surface area contributed by atoms with Crippen LogP contribution in [0, 0.1) is 11.3 Å². The van der Waals surface area contributed by atoms with Gasteiger partial charge in [0.05, 0.1) is 6.07 Å². The normalized spacial score (nSPS) is 13.5. The van der Waals surface area contributed by atoms with E-state index in [-0.39, 0.29) is 6.54 Å². The van der Waals surface area contributed by atoms with E-state index in [9.17, 15) is 13.2 Å². The van der Waals surface area contributed by atoms with Crippen LogP contribution in [0.3, 0.4) is 0 Å². The van der Waals surface area contributed by atoms with Gasteiger partial charge in [0.15, 0.2) is 5.25 Å². The largest absolute Gasteiger partial charge is 0.480 e. The third-order valence-corrected chi connectivity index (χ3v) is 3.80. The Morgan fingerprint density at radius 3 is 2.47 bits per heavy atom. The van der Waals surface area contributed by atoms with Gasteiger partial charge in [0.2, 0.25) is 10.0 Å². The van der Waals surface area contributed by atoms with Crippen LogP contribution in [0.25, 0.3) is 0 Å². The van der Waals surface area contributed by atoms with Crippen LogP contribution in [0.2, 0.25) is 0 Å². The van der Waals surface area contributed by atoms with Gasteiger partial charge in [0, 0.05) is 6.54 Å². The molecule has 0 amide bonds. The Kier molecular flexibility index (Phi) is 5.25. The summed E-state index contributed by atoms with van der Waals surface area (Å²) >= 11 is 0. The Morgan fingerprint density at radius 1 is 1.60 bits per heavy atom. The molecular weight excluding hydrogens is 220 g/mol. The van der Waals surface area contributed by atoms with Crippen LogP contribution in [0.15, 0.2) is 0 Å². The van der Waals surface area contributed by atoms with E-state index in [0.29, 0.717) is 6.42 Å². The topological polar surface area (TPSA) is 98.5 Å². The Labute approximate surface area is 89.2 Å². The van der Waals surface area contributed by atoms with Crippen molar-refractivity contribution in [2.75, 3.05) is 13.1 Å². The monoisotopic (exact) mass is 234 g/mol. The number of aliphatic carboxylic acids is 1. The standard InChI is InChI=1S/C8H14N2O4S/c1-3-4-10(6-8(11)12)15(13,14)7(2)5-9/h7H,3-4,6H2,1-2H3,(H,11,12). The second kappa shape index (κ2) is 5.68. The molecule has 0 heterocycles. The number of nitrogens with zero attached hydrogens (tertiary/aromatic N) is 2. The number of rotatable bonds is 6. The Balaban J connectivity index is 4.91. The maximum absolute atomic E-state index is 11.6. The van der Waals surface area contributed by atoms with Crippen molar-refractivity contribution in [2.45, 2.75) is 25.5 Å². The molecule has 0 aliphatic rings. The van der Waals surface area contributed by atoms with Crippen molar-refractivity contribution in [3.05, 3.63) is 0 Å². The number of hydrogen-bond donors (Lipinski definition) is 1. The first-order valence-electron chi connectivity index (χ1n) is 4.46. The average Bonchev–Trinajstić information content (AvgIpc) is 2.15. The van der Waals surface area contributed by atoms with E-state index in [4.69, 9.17) is 10.4 Å². The average molecular weight is 234 g/mol. The van der Waals surface area contributed by atoms with E-state index in [0.717, 1.165) is 4.31 Å². The number of hydrogen-bond acceptors (Lipinski definition) is 4. The lowest BCUT2D eigenvalue weighted by molar-refractivity contribution is -0.137. The van der Waals surface area contributed by atoms with Crippen LogP contribution in [0.5, 0.6) is 0 Å². The van der Waals surface area contributed by atoms with E-state index < -0.39 is 27.8 Å². The molecule has 7 heteroatoms. The lowest BCUT2D eigenvalue weighted by Crippen LogP contribution is -2.40. The second-order valence-corrected chi connectivity index (χ2v) is 5.30. The molecule has 0 saturated heterocycles. The molecule has 0 aliphatic heterocycles.